The van der Waals surface area contributed by atoms with Crippen LogP contribution >= 0.6 is 0 Å². The van der Waals surface area contributed by atoms with Gasteiger partial charge < -0.3 is 9.47 Å². The normalized spacial score (nSPS) is 16.5. The average molecular weight is 575 g/mol. The fourth-order valence-corrected chi connectivity index (χ4v) is 8.06. The van der Waals surface area contributed by atoms with Crippen LogP contribution in [-0.2, 0) is 0 Å². The molecule has 2 fully saturated rings. The number of anilines is 3. The molecule has 0 saturated heterocycles. The molecule has 220 valence electrons. The van der Waals surface area contributed by atoms with Crippen LogP contribution in [0.25, 0.3) is 27.5 Å². The van der Waals surface area contributed by atoms with Crippen LogP contribution in [0, 0.1) is 0 Å². The highest BCUT2D eigenvalue weighted by molar-refractivity contribution is 6.09. The van der Waals surface area contributed by atoms with E-state index in [-0.39, 0.29) is 0 Å². The highest BCUT2D eigenvalue weighted by Crippen LogP contribution is 2.40. The maximum Gasteiger partial charge on any atom is 0.0541 e. The molecule has 0 radical (unpaired) electrons. The maximum atomic E-state index is 2.44. The number of fused-ring (bicyclic) bond motifs is 3. The molecule has 0 spiro atoms. The standard InChI is InChI=1S/C42H42N2/c1-3-11-31(12-4-1)33-19-23-35(24-20-33)43(36-25-21-34(22-26-36)32-13-5-2-6-14-32)37-27-29-38(30-28-37)44-41-17-9-7-15-39(41)40-16-8-10-18-42(40)44/h7-10,15-32H,1-6,11-14H2. The smallest absolute Gasteiger partial charge is 0.0541 e. The molecule has 1 heterocycles. The van der Waals surface area contributed by atoms with Crippen LogP contribution in [0.1, 0.15) is 87.2 Å². The first kappa shape index (κ1) is 27.3. The van der Waals surface area contributed by atoms with Gasteiger partial charge in [0.15, 0.2) is 0 Å². The third-order valence-corrected chi connectivity index (χ3v) is 10.4. The summed E-state index contributed by atoms with van der Waals surface area (Å²) < 4.78 is 2.40. The Morgan fingerprint density at radius 3 is 1.23 bits per heavy atom. The lowest BCUT2D eigenvalue weighted by atomic mass is 9.84. The van der Waals surface area contributed by atoms with E-state index >= 15 is 0 Å². The molecule has 0 unspecified atom stereocenters. The Morgan fingerprint density at radius 1 is 0.409 bits per heavy atom. The average Bonchev–Trinajstić information content (AvgIpc) is 3.45. The minimum Gasteiger partial charge on any atom is -0.311 e. The van der Waals surface area contributed by atoms with Crippen molar-refractivity contribution in [2.45, 2.75) is 76.0 Å². The van der Waals surface area contributed by atoms with Gasteiger partial charge in [-0.1, -0.05) is 99.2 Å². The molecule has 44 heavy (non-hydrogen) atoms. The summed E-state index contributed by atoms with van der Waals surface area (Å²) >= 11 is 0. The second-order valence-corrected chi connectivity index (χ2v) is 13.1. The lowest BCUT2D eigenvalue weighted by Gasteiger charge is -2.28. The summed E-state index contributed by atoms with van der Waals surface area (Å²) in [4.78, 5) is 2.44. The van der Waals surface area contributed by atoms with Gasteiger partial charge in [-0.2, -0.15) is 0 Å². The number of rotatable bonds is 6. The van der Waals surface area contributed by atoms with E-state index in [4.69, 9.17) is 0 Å². The monoisotopic (exact) mass is 574 g/mol. The highest BCUT2D eigenvalue weighted by Gasteiger charge is 2.20. The van der Waals surface area contributed by atoms with E-state index in [1.165, 1.54) is 120 Å². The summed E-state index contributed by atoms with van der Waals surface area (Å²) in [5.74, 6) is 1.43. The lowest BCUT2D eigenvalue weighted by molar-refractivity contribution is 0.443. The summed E-state index contributed by atoms with van der Waals surface area (Å²) in [5.41, 5.74) is 10.3. The lowest BCUT2D eigenvalue weighted by Crippen LogP contribution is -2.11. The Balaban J connectivity index is 1.17. The first-order chi connectivity index (χ1) is 21.8. The predicted octanol–water partition coefficient (Wildman–Crippen LogP) is 12.3. The summed E-state index contributed by atoms with van der Waals surface area (Å²) in [6.45, 7) is 0. The molecule has 2 aliphatic rings. The first-order valence-corrected chi connectivity index (χ1v) is 16.9. The van der Waals surface area contributed by atoms with Crippen LogP contribution in [-0.4, -0.2) is 4.57 Å². The second kappa shape index (κ2) is 12.0. The van der Waals surface area contributed by atoms with Gasteiger partial charge in [-0.25, -0.2) is 0 Å². The van der Waals surface area contributed by atoms with Crippen LogP contribution in [0.5, 0.6) is 0 Å². The molecule has 2 nitrogen and oxygen atoms in total. The van der Waals surface area contributed by atoms with E-state index < -0.39 is 0 Å². The molecule has 0 amide bonds. The van der Waals surface area contributed by atoms with Gasteiger partial charge in [-0.05, 0) is 109 Å². The first-order valence-electron chi connectivity index (χ1n) is 16.9. The zero-order valence-electron chi connectivity index (χ0n) is 25.7. The van der Waals surface area contributed by atoms with Crippen molar-refractivity contribution in [3.8, 4) is 5.69 Å². The quantitative estimate of drug-likeness (QED) is 0.192. The number of hydrogen-bond acceptors (Lipinski definition) is 1. The number of nitrogens with zero attached hydrogens (tertiary/aromatic N) is 2. The molecule has 2 saturated carbocycles. The van der Waals surface area contributed by atoms with Crippen molar-refractivity contribution in [3.63, 3.8) is 0 Å². The molecule has 8 rings (SSSR count). The van der Waals surface area contributed by atoms with Gasteiger partial charge in [0.25, 0.3) is 0 Å². The van der Waals surface area contributed by atoms with Crippen LogP contribution in [0.15, 0.2) is 121 Å². The fourth-order valence-electron chi connectivity index (χ4n) is 8.06. The van der Waals surface area contributed by atoms with E-state index in [2.05, 4.69) is 131 Å². The van der Waals surface area contributed by atoms with Crippen molar-refractivity contribution in [2.75, 3.05) is 4.90 Å². The van der Waals surface area contributed by atoms with E-state index in [9.17, 15) is 0 Å². The molecule has 6 aromatic rings. The van der Waals surface area contributed by atoms with Gasteiger partial charge in [-0.15, -0.1) is 0 Å². The summed E-state index contributed by atoms with van der Waals surface area (Å²) in [5, 5.41) is 2.59. The largest absolute Gasteiger partial charge is 0.311 e. The maximum absolute atomic E-state index is 2.44. The van der Waals surface area contributed by atoms with Gasteiger partial charge in [-0.3, -0.25) is 0 Å². The molecule has 2 heteroatoms. The van der Waals surface area contributed by atoms with Crippen molar-refractivity contribution in [2.24, 2.45) is 0 Å². The topological polar surface area (TPSA) is 8.17 Å². The third-order valence-electron chi connectivity index (χ3n) is 10.4. The van der Waals surface area contributed by atoms with Crippen LogP contribution in [0.4, 0.5) is 17.1 Å². The minimum absolute atomic E-state index is 0.714. The summed E-state index contributed by atoms with van der Waals surface area (Å²) in [7, 11) is 0. The van der Waals surface area contributed by atoms with Gasteiger partial charge in [0.05, 0.1) is 11.0 Å². The van der Waals surface area contributed by atoms with Crippen molar-refractivity contribution in [1.29, 1.82) is 0 Å². The van der Waals surface area contributed by atoms with Crippen LogP contribution in [0.3, 0.4) is 0 Å². The summed E-state index contributed by atoms with van der Waals surface area (Å²) in [6.07, 6.45) is 13.6. The van der Waals surface area contributed by atoms with Crippen molar-refractivity contribution in [1.82, 2.24) is 4.57 Å². The van der Waals surface area contributed by atoms with Gasteiger partial charge >= 0.3 is 0 Å². The van der Waals surface area contributed by atoms with Crippen molar-refractivity contribution < 1.29 is 0 Å². The molecular weight excluding hydrogens is 532 g/mol. The van der Waals surface area contributed by atoms with Gasteiger partial charge in [0.2, 0.25) is 0 Å². The molecule has 0 N–H and O–H groups in total. The van der Waals surface area contributed by atoms with E-state index in [1.807, 2.05) is 0 Å². The Kier molecular flexibility index (Phi) is 7.44. The molecule has 0 atom stereocenters. The number of aromatic nitrogens is 1. The summed E-state index contributed by atoms with van der Waals surface area (Å²) in [6, 6.07) is 45.6. The zero-order chi connectivity index (χ0) is 29.3. The Hall–Kier alpha value is -4.30. The molecular formula is C42H42N2. The van der Waals surface area contributed by atoms with Gasteiger partial charge in [0.1, 0.15) is 0 Å². The Bertz CT molecular complexity index is 1730. The fraction of sp³-hybridized carbons (Fsp3) is 0.286. The number of benzene rings is 5. The molecule has 5 aromatic carbocycles. The highest BCUT2D eigenvalue weighted by atomic mass is 15.1. The van der Waals surface area contributed by atoms with E-state index in [0.717, 1.165) is 0 Å². The van der Waals surface area contributed by atoms with Crippen LogP contribution < -0.4 is 4.90 Å². The zero-order valence-corrected chi connectivity index (χ0v) is 25.7. The third kappa shape index (κ3) is 5.11. The van der Waals surface area contributed by atoms with Crippen molar-refractivity contribution in [3.05, 3.63) is 132 Å². The Morgan fingerprint density at radius 2 is 0.795 bits per heavy atom. The number of para-hydroxylation sites is 2. The molecule has 1 aromatic heterocycles. The van der Waals surface area contributed by atoms with Crippen molar-refractivity contribution >= 4 is 38.9 Å². The Labute approximate surface area is 262 Å². The minimum atomic E-state index is 0.714. The van der Waals surface area contributed by atoms with Crippen LogP contribution in [0.2, 0.25) is 0 Å². The predicted molar refractivity (Wildman–Crippen MR) is 187 cm³/mol. The molecule has 2 aliphatic carbocycles. The molecule has 0 aliphatic heterocycles. The second-order valence-electron chi connectivity index (χ2n) is 13.1. The van der Waals surface area contributed by atoms with Gasteiger partial charge in [0, 0.05) is 33.5 Å². The number of hydrogen-bond donors (Lipinski definition) is 0. The SMILES string of the molecule is c1ccc2c(c1)c1ccccc1n2-c1ccc(N(c2ccc(C3CCCCC3)cc2)c2ccc(C3CCCCC3)cc2)cc1. The van der Waals surface area contributed by atoms with E-state index in [1.54, 1.807) is 0 Å². The van der Waals surface area contributed by atoms with E-state index in [0.29, 0.717) is 11.8 Å². The molecule has 0 bridgehead atoms.